The van der Waals surface area contributed by atoms with Crippen LogP contribution in [0.1, 0.15) is 5.56 Å². The lowest BCUT2D eigenvalue weighted by Gasteiger charge is -2.35. The number of hydrogen-bond donors (Lipinski definition) is 1. The summed E-state index contributed by atoms with van der Waals surface area (Å²) in [6.07, 6.45) is 0.805. The molecule has 120 valence electrons. The molecule has 7 heteroatoms. The fraction of sp³-hybridized carbons (Fsp3) is 0.312. The van der Waals surface area contributed by atoms with E-state index < -0.39 is 10.9 Å². The van der Waals surface area contributed by atoms with E-state index in [1.54, 1.807) is 17.0 Å². The molecular formula is C16H16ClN3O3. The average molecular weight is 334 g/mol. The van der Waals surface area contributed by atoms with Crippen LogP contribution in [0.5, 0.6) is 0 Å². The molecule has 1 saturated heterocycles. The number of carbonyl (C=O) groups is 1. The van der Waals surface area contributed by atoms with Crippen molar-refractivity contribution in [2.45, 2.75) is 6.54 Å². The molecule has 1 N–H and O–H groups in total. The number of piperazine rings is 1. The highest BCUT2D eigenvalue weighted by Gasteiger charge is 2.28. The third-order valence-corrected chi connectivity index (χ3v) is 4.30. The molecule has 2 aromatic carbocycles. The van der Waals surface area contributed by atoms with Gasteiger partial charge in [-0.1, -0.05) is 23.7 Å². The molecule has 0 aliphatic carbocycles. The fourth-order valence-electron chi connectivity index (χ4n) is 2.69. The van der Waals surface area contributed by atoms with Crippen molar-refractivity contribution in [1.29, 1.82) is 0 Å². The van der Waals surface area contributed by atoms with E-state index >= 15 is 0 Å². The Bertz CT molecular complexity index is 773. The SMILES string of the molecule is O=CN1CCN(c2c(NCc3ccc(Cl)cc3)c(=O)c2=O)CC1. The molecular weight excluding hydrogens is 318 g/mol. The van der Waals surface area contributed by atoms with Gasteiger partial charge in [-0.15, -0.1) is 0 Å². The first-order chi connectivity index (χ1) is 11.1. The molecule has 2 aromatic rings. The van der Waals surface area contributed by atoms with Crippen LogP contribution in [0.4, 0.5) is 11.4 Å². The molecule has 0 radical (unpaired) electrons. The van der Waals surface area contributed by atoms with Crippen molar-refractivity contribution in [2.75, 3.05) is 36.4 Å². The Morgan fingerprint density at radius 2 is 1.70 bits per heavy atom. The molecule has 1 aliphatic heterocycles. The van der Waals surface area contributed by atoms with Crippen molar-refractivity contribution in [3.63, 3.8) is 0 Å². The molecule has 1 aliphatic rings. The van der Waals surface area contributed by atoms with Crippen LogP contribution in [0.3, 0.4) is 0 Å². The Morgan fingerprint density at radius 3 is 2.30 bits per heavy atom. The van der Waals surface area contributed by atoms with Gasteiger partial charge in [0.2, 0.25) is 6.41 Å². The van der Waals surface area contributed by atoms with E-state index in [2.05, 4.69) is 5.32 Å². The first-order valence-corrected chi connectivity index (χ1v) is 7.74. The Hall–Kier alpha value is -2.34. The van der Waals surface area contributed by atoms with Crippen molar-refractivity contribution in [3.05, 3.63) is 55.3 Å². The predicted octanol–water partition coefficient (Wildman–Crippen LogP) is 0.827. The second kappa shape index (κ2) is 6.42. The van der Waals surface area contributed by atoms with Crippen LogP contribution < -0.4 is 21.1 Å². The molecule has 0 aromatic heterocycles. The minimum Gasteiger partial charge on any atom is -0.376 e. The lowest BCUT2D eigenvalue weighted by Crippen LogP contribution is -2.51. The predicted molar refractivity (Wildman–Crippen MR) is 90.0 cm³/mol. The van der Waals surface area contributed by atoms with E-state index in [1.165, 1.54) is 0 Å². The Morgan fingerprint density at radius 1 is 1.04 bits per heavy atom. The zero-order valence-electron chi connectivity index (χ0n) is 12.4. The molecule has 0 atom stereocenters. The van der Waals surface area contributed by atoms with Crippen molar-refractivity contribution in [1.82, 2.24) is 4.90 Å². The quantitative estimate of drug-likeness (QED) is 0.648. The number of amides is 1. The highest BCUT2D eigenvalue weighted by molar-refractivity contribution is 6.30. The van der Waals surface area contributed by atoms with Gasteiger partial charge < -0.3 is 15.1 Å². The average Bonchev–Trinajstić information content (AvgIpc) is 2.59. The van der Waals surface area contributed by atoms with Gasteiger partial charge in [-0.2, -0.15) is 0 Å². The van der Waals surface area contributed by atoms with E-state index in [9.17, 15) is 14.4 Å². The van der Waals surface area contributed by atoms with Crippen molar-refractivity contribution < 1.29 is 4.79 Å². The van der Waals surface area contributed by atoms with Crippen molar-refractivity contribution in [3.8, 4) is 0 Å². The standard InChI is InChI=1S/C16H16ClN3O3/c17-12-3-1-11(2-4-12)9-18-13-14(16(23)15(13)22)20-7-5-19(10-21)6-8-20/h1-4,10,18H,5-9H2. The second-order valence-corrected chi connectivity index (χ2v) is 5.93. The third-order valence-electron chi connectivity index (χ3n) is 4.05. The first kappa shape index (κ1) is 15.6. The Labute approximate surface area is 138 Å². The molecule has 0 bridgehead atoms. The number of nitrogens with zero attached hydrogens (tertiary/aromatic N) is 2. The maximum atomic E-state index is 11.9. The minimum absolute atomic E-state index is 0.365. The molecule has 6 nitrogen and oxygen atoms in total. The third kappa shape index (κ3) is 3.07. The smallest absolute Gasteiger partial charge is 0.253 e. The number of anilines is 2. The summed E-state index contributed by atoms with van der Waals surface area (Å²) in [4.78, 5) is 38.0. The molecule has 1 heterocycles. The van der Waals surface area contributed by atoms with Crippen LogP contribution in [0.2, 0.25) is 5.02 Å². The van der Waals surface area contributed by atoms with E-state index in [1.807, 2.05) is 17.0 Å². The molecule has 1 amide bonds. The molecule has 1 fully saturated rings. The van der Waals surface area contributed by atoms with Crippen LogP contribution >= 0.6 is 11.6 Å². The van der Waals surface area contributed by atoms with Crippen LogP contribution in [-0.4, -0.2) is 37.5 Å². The van der Waals surface area contributed by atoms with Gasteiger partial charge in [0, 0.05) is 37.7 Å². The zero-order valence-corrected chi connectivity index (χ0v) is 13.2. The van der Waals surface area contributed by atoms with Crippen LogP contribution in [0.25, 0.3) is 0 Å². The minimum atomic E-state index is -0.480. The lowest BCUT2D eigenvalue weighted by molar-refractivity contribution is -0.118. The zero-order chi connectivity index (χ0) is 16.4. The molecule has 0 saturated carbocycles. The summed E-state index contributed by atoms with van der Waals surface area (Å²) in [5.41, 5.74) is 0.841. The molecule has 23 heavy (non-hydrogen) atoms. The molecule has 0 unspecified atom stereocenters. The summed E-state index contributed by atoms with van der Waals surface area (Å²) >= 11 is 5.84. The van der Waals surface area contributed by atoms with E-state index in [4.69, 9.17) is 11.6 Å². The second-order valence-electron chi connectivity index (χ2n) is 5.49. The summed E-state index contributed by atoms with van der Waals surface area (Å²) in [6, 6.07) is 7.29. The van der Waals surface area contributed by atoms with Gasteiger partial charge >= 0.3 is 0 Å². The number of halogens is 1. The van der Waals surface area contributed by atoms with Gasteiger partial charge in [-0.25, -0.2) is 0 Å². The molecule has 0 spiro atoms. The Kier molecular flexibility index (Phi) is 4.34. The normalized spacial score (nSPS) is 15.0. The van der Waals surface area contributed by atoms with Crippen LogP contribution in [-0.2, 0) is 11.3 Å². The summed E-state index contributed by atoms with van der Waals surface area (Å²) < 4.78 is 0. The maximum absolute atomic E-state index is 11.9. The van der Waals surface area contributed by atoms with E-state index in [-0.39, 0.29) is 0 Å². The van der Waals surface area contributed by atoms with Crippen molar-refractivity contribution in [2.24, 2.45) is 0 Å². The maximum Gasteiger partial charge on any atom is 0.253 e. The highest BCUT2D eigenvalue weighted by Crippen LogP contribution is 2.22. The largest absolute Gasteiger partial charge is 0.376 e. The van der Waals surface area contributed by atoms with Gasteiger partial charge in [0.05, 0.1) is 0 Å². The summed E-state index contributed by atoms with van der Waals surface area (Å²) in [6.45, 7) is 2.67. The number of hydrogen-bond acceptors (Lipinski definition) is 5. The van der Waals surface area contributed by atoms with Gasteiger partial charge in [0.25, 0.3) is 10.9 Å². The van der Waals surface area contributed by atoms with E-state index in [0.29, 0.717) is 49.1 Å². The number of carbonyl (C=O) groups excluding carboxylic acids is 1. The van der Waals surface area contributed by atoms with Gasteiger partial charge in [-0.05, 0) is 17.7 Å². The van der Waals surface area contributed by atoms with E-state index in [0.717, 1.165) is 12.0 Å². The number of benzene rings is 1. The fourth-order valence-corrected chi connectivity index (χ4v) is 2.81. The first-order valence-electron chi connectivity index (χ1n) is 7.36. The summed E-state index contributed by atoms with van der Waals surface area (Å²) in [7, 11) is 0. The lowest BCUT2D eigenvalue weighted by atomic mass is 10.1. The molecule has 3 rings (SSSR count). The topological polar surface area (TPSA) is 69.7 Å². The van der Waals surface area contributed by atoms with Crippen molar-refractivity contribution >= 4 is 29.4 Å². The number of nitrogens with one attached hydrogen (secondary N) is 1. The Balaban J connectivity index is 1.70. The van der Waals surface area contributed by atoms with Gasteiger partial charge in [0.1, 0.15) is 11.4 Å². The summed E-state index contributed by atoms with van der Waals surface area (Å²) in [5, 5.41) is 3.70. The summed E-state index contributed by atoms with van der Waals surface area (Å²) in [5.74, 6) is 0. The van der Waals surface area contributed by atoms with Crippen LogP contribution in [0, 0.1) is 0 Å². The number of rotatable bonds is 5. The van der Waals surface area contributed by atoms with Crippen LogP contribution in [0.15, 0.2) is 33.9 Å². The monoisotopic (exact) mass is 333 g/mol. The van der Waals surface area contributed by atoms with Gasteiger partial charge in [0.15, 0.2) is 0 Å². The van der Waals surface area contributed by atoms with Gasteiger partial charge in [-0.3, -0.25) is 14.4 Å². The highest BCUT2D eigenvalue weighted by atomic mass is 35.5.